The van der Waals surface area contributed by atoms with Crippen LogP contribution in [-0.2, 0) is 4.74 Å². The Morgan fingerprint density at radius 1 is 1.45 bits per heavy atom. The van der Waals surface area contributed by atoms with E-state index >= 15 is 0 Å². The maximum Gasteiger partial charge on any atom is 0.410 e. The molecule has 0 radical (unpaired) electrons. The molecule has 0 aliphatic carbocycles. The van der Waals surface area contributed by atoms with Crippen LogP contribution in [-0.4, -0.2) is 45.9 Å². The maximum atomic E-state index is 12.2. The van der Waals surface area contributed by atoms with E-state index in [1.807, 2.05) is 32.9 Å². The van der Waals surface area contributed by atoms with Crippen molar-refractivity contribution in [2.75, 3.05) is 13.2 Å². The number of ether oxygens (including phenoxy) is 1. The van der Waals surface area contributed by atoms with Gasteiger partial charge in [-0.05, 0) is 44.9 Å². The number of rotatable bonds is 2. The highest BCUT2D eigenvalue weighted by Gasteiger charge is 2.37. The highest BCUT2D eigenvalue weighted by molar-refractivity contribution is 5.69. The molecule has 0 spiro atoms. The summed E-state index contributed by atoms with van der Waals surface area (Å²) in [5, 5.41) is 9.49. The van der Waals surface area contributed by atoms with Crippen LogP contribution >= 0.6 is 0 Å². The van der Waals surface area contributed by atoms with Gasteiger partial charge in [-0.1, -0.05) is 0 Å². The summed E-state index contributed by atoms with van der Waals surface area (Å²) in [7, 11) is 0. The predicted octanol–water partition coefficient (Wildman–Crippen LogP) is 2.17. The lowest BCUT2D eigenvalue weighted by atomic mass is 9.98. The summed E-state index contributed by atoms with van der Waals surface area (Å²) in [6.07, 6.45) is 3.90. The first kappa shape index (κ1) is 14.8. The summed E-state index contributed by atoms with van der Waals surface area (Å²) in [5.74, 6) is 0.225. The van der Waals surface area contributed by atoms with Gasteiger partial charge in [0.05, 0.1) is 12.6 Å². The Hall–Kier alpha value is -1.62. The van der Waals surface area contributed by atoms with E-state index in [9.17, 15) is 9.90 Å². The van der Waals surface area contributed by atoms with Gasteiger partial charge in [-0.2, -0.15) is 0 Å². The molecule has 1 aliphatic rings. The maximum absolute atomic E-state index is 12.2. The summed E-state index contributed by atoms with van der Waals surface area (Å²) in [5.41, 5.74) is 0.621. The van der Waals surface area contributed by atoms with Crippen molar-refractivity contribution < 1.29 is 14.6 Å². The van der Waals surface area contributed by atoms with Crippen molar-refractivity contribution in [2.24, 2.45) is 0 Å². The molecule has 1 N–H and O–H groups in total. The molecule has 0 aromatic carbocycles. The standard InChI is InChI=1S/C15H22N2O3/c1-15(2,3)20-14(19)17-9-12(8-13(17)10-18)11-4-6-16-7-5-11/h4-7,12-13,18H,8-10H2,1-3H3/t12-,13+/m1/s1. The Kier molecular flexibility index (Phi) is 4.28. The zero-order valence-electron chi connectivity index (χ0n) is 12.2. The monoisotopic (exact) mass is 278 g/mol. The fraction of sp³-hybridized carbons (Fsp3) is 0.600. The molecule has 1 saturated heterocycles. The smallest absolute Gasteiger partial charge is 0.410 e. The number of hydrogen-bond acceptors (Lipinski definition) is 4. The van der Waals surface area contributed by atoms with Gasteiger partial charge in [-0.15, -0.1) is 0 Å². The Balaban J connectivity index is 2.09. The molecule has 1 aromatic rings. The first-order valence-electron chi connectivity index (χ1n) is 6.91. The molecule has 0 unspecified atom stereocenters. The Morgan fingerprint density at radius 3 is 2.65 bits per heavy atom. The molecule has 1 amide bonds. The molecule has 1 aliphatic heterocycles. The lowest BCUT2D eigenvalue weighted by Gasteiger charge is -2.27. The molecule has 5 heteroatoms. The minimum atomic E-state index is -0.522. The number of pyridine rings is 1. The second-order valence-corrected chi connectivity index (χ2v) is 6.18. The quantitative estimate of drug-likeness (QED) is 0.900. The van der Waals surface area contributed by atoms with Gasteiger partial charge in [-0.25, -0.2) is 4.79 Å². The van der Waals surface area contributed by atoms with E-state index in [1.54, 1.807) is 17.3 Å². The lowest BCUT2D eigenvalue weighted by Crippen LogP contribution is -2.41. The van der Waals surface area contributed by atoms with Crippen LogP contribution in [0, 0.1) is 0 Å². The number of aliphatic hydroxyl groups excluding tert-OH is 1. The van der Waals surface area contributed by atoms with Gasteiger partial charge in [0.15, 0.2) is 0 Å². The molecule has 0 bridgehead atoms. The van der Waals surface area contributed by atoms with E-state index < -0.39 is 5.60 Å². The molecule has 2 heterocycles. The molecule has 5 nitrogen and oxygen atoms in total. The van der Waals surface area contributed by atoms with Crippen molar-refractivity contribution in [1.29, 1.82) is 0 Å². The molecule has 2 rings (SSSR count). The van der Waals surface area contributed by atoms with Crippen molar-refractivity contribution in [3.63, 3.8) is 0 Å². The van der Waals surface area contributed by atoms with Gasteiger partial charge in [0, 0.05) is 24.9 Å². The topological polar surface area (TPSA) is 62.7 Å². The van der Waals surface area contributed by atoms with E-state index in [4.69, 9.17) is 4.74 Å². The van der Waals surface area contributed by atoms with Crippen LogP contribution in [0.2, 0.25) is 0 Å². The fourth-order valence-electron chi connectivity index (χ4n) is 2.51. The van der Waals surface area contributed by atoms with Crippen LogP contribution in [0.5, 0.6) is 0 Å². The highest BCUT2D eigenvalue weighted by atomic mass is 16.6. The average molecular weight is 278 g/mol. The van der Waals surface area contributed by atoms with E-state index in [1.165, 1.54) is 0 Å². The second kappa shape index (κ2) is 5.79. The summed E-state index contributed by atoms with van der Waals surface area (Å²) >= 11 is 0. The molecule has 20 heavy (non-hydrogen) atoms. The first-order valence-corrected chi connectivity index (χ1v) is 6.91. The van der Waals surface area contributed by atoms with Gasteiger partial charge in [0.1, 0.15) is 5.60 Å². The lowest BCUT2D eigenvalue weighted by molar-refractivity contribution is 0.0174. The van der Waals surface area contributed by atoms with Crippen LogP contribution < -0.4 is 0 Å². The molecule has 110 valence electrons. The second-order valence-electron chi connectivity index (χ2n) is 6.18. The molecule has 1 aromatic heterocycles. The van der Waals surface area contributed by atoms with Crippen molar-refractivity contribution in [1.82, 2.24) is 9.88 Å². The zero-order valence-corrected chi connectivity index (χ0v) is 12.2. The van der Waals surface area contributed by atoms with Gasteiger partial charge < -0.3 is 14.7 Å². The number of nitrogens with zero attached hydrogens (tertiary/aromatic N) is 2. The zero-order chi connectivity index (χ0) is 14.8. The van der Waals surface area contributed by atoms with Gasteiger partial charge in [0.25, 0.3) is 0 Å². The minimum Gasteiger partial charge on any atom is -0.444 e. The first-order chi connectivity index (χ1) is 9.40. The summed E-state index contributed by atoms with van der Waals surface area (Å²) in [6, 6.07) is 3.73. The van der Waals surface area contributed by atoms with Crippen LogP contribution in [0.1, 0.15) is 38.7 Å². The minimum absolute atomic E-state index is 0.0408. The Morgan fingerprint density at radius 2 is 2.10 bits per heavy atom. The number of carbonyl (C=O) groups excluding carboxylic acids is 1. The highest BCUT2D eigenvalue weighted by Crippen LogP contribution is 2.32. The van der Waals surface area contributed by atoms with Crippen molar-refractivity contribution >= 4 is 6.09 Å². The molecule has 1 fully saturated rings. The molecule has 2 atom stereocenters. The van der Waals surface area contributed by atoms with Gasteiger partial charge in [-0.3, -0.25) is 4.98 Å². The third kappa shape index (κ3) is 3.48. The van der Waals surface area contributed by atoms with E-state index in [0.717, 1.165) is 12.0 Å². The van der Waals surface area contributed by atoms with Crippen LogP contribution in [0.25, 0.3) is 0 Å². The van der Waals surface area contributed by atoms with E-state index in [2.05, 4.69) is 4.98 Å². The number of likely N-dealkylation sites (tertiary alicyclic amines) is 1. The normalized spacial score (nSPS) is 22.9. The van der Waals surface area contributed by atoms with Crippen LogP contribution in [0.4, 0.5) is 4.79 Å². The van der Waals surface area contributed by atoms with Crippen molar-refractivity contribution in [2.45, 2.75) is 44.8 Å². The van der Waals surface area contributed by atoms with Crippen molar-refractivity contribution in [3.8, 4) is 0 Å². The molecule has 0 saturated carbocycles. The molecular formula is C15H22N2O3. The van der Waals surface area contributed by atoms with Crippen LogP contribution in [0.15, 0.2) is 24.5 Å². The van der Waals surface area contributed by atoms with Crippen LogP contribution in [0.3, 0.4) is 0 Å². The summed E-state index contributed by atoms with van der Waals surface area (Å²) in [4.78, 5) is 17.8. The third-order valence-corrected chi connectivity index (χ3v) is 3.43. The number of carbonyl (C=O) groups is 1. The number of amides is 1. The van der Waals surface area contributed by atoms with E-state index in [0.29, 0.717) is 6.54 Å². The van der Waals surface area contributed by atoms with Crippen molar-refractivity contribution in [3.05, 3.63) is 30.1 Å². The fourth-order valence-corrected chi connectivity index (χ4v) is 2.51. The number of hydrogen-bond donors (Lipinski definition) is 1. The summed E-state index contributed by atoms with van der Waals surface area (Å²) < 4.78 is 5.40. The third-order valence-electron chi connectivity index (χ3n) is 3.43. The Labute approximate surface area is 119 Å². The number of aliphatic hydroxyl groups is 1. The van der Waals surface area contributed by atoms with E-state index in [-0.39, 0.29) is 24.7 Å². The SMILES string of the molecule is CC(C)(C)OC(=O)N1C[C@H](c2ccncc2)C[C@H]1CO. The van der Waals surface area contributed by atoms with Gasteiger partial charge >= 0.3 is 6.09 Å². The largest absolute Gasteiger partial charge is 0.444 e. The molecular weight excluding hydrogens is 256 g/mol. The summed E-state index contributed by atoms with van der Waals surface area (Å²) in [6.45, 7) is 6.06. The van der Waals surface area contributed by atoms with Gasteiger partial charge in [0.2, 0.25) is 0 Å². The predicted molar refractivity (Wildman–Crippen MR) is 75.4 cm³/mol. The number of aromatic nitrogens is 1. The average Bonchev–Trinajstić information content (AvgIpc) is 2.82. The Bertz CT molecular complexity index is 456.